The molecule has 23 heavy (non-hydrogen) atoms. The first-order chi connectivity index (χ1) is 11.2. The molecule has 1 aliphatic rings. The second-order valence-electron chi connectivity index (χ2n) is 5.80. The SMILES string of the molecule is O=C(Nc1ccc(F)cc1)c1ccc(COC2CCCCC2)o1. The maximum absolute atomic E-state index is 12.8. The van der Waals surface area contributed by atoms with Crippen molar-refractivity contribution in [1.29, 1.82) is 0 Å². The summed E-state index contributed by atoms with van der Waals surface area (Å²) in [6.45, 7) is 0.383. The van der Waals surface area contributed by atoms with Gasteiger partial charge in [0.15, 0.2) is 5.76 Å². The molecule has 1 saturated carbocycles. The molecule has 1 amide bonds. The van der Waals surface area contributed by atoms with Gasteiger partial charge >= 0.3 is 0 Å². The number of benzene rings is 1. The first-order valence-corrected chi connectivity index (χ1v) is 7.98. The van der Waals surface area contributed by atoms with Crippen LogP contribution in [-0.2, 0) is 11.3 Å². The number of nitrogens with one attached hydrogen (secondary N) is 1. The first kappa shape index (κ1) is 15.7. The van der Waals surface area contributed by atoms with Gasteiger partial charge in [-0.25, -0.2) is 4.39 Å². The van der Waals surface area contributed by atoms with Gasteiger partial charge in [0.1, 0.15) is 18.2 Å². The molecule has 1 aromatic heterocycles. The van der Waals surface area contributed by atoms with Crippen molar-refractivity contribution < 1.29 is 18.3 Å². The molecule has 0 spiro atoms. The molecule has 0 saturated heterocycles. The standard InChI is InChI=1S/C18H20FNO3/c19-13-6-8-14(9-7-13)20-18(21)17-11-10-16(23-17)12-22-15-4-2-1-3-5-15/h6-11,15H,1-5,12H2,(H,20,21). The second kappa shape index (κ2) is 7.42. The Bertz CT molecular complexity index is 645. The number of carbonyl (C=O) groups excluding carboxylic acids is 1. The molecule has 5 heteroatoms. The lowest BCUT2D eigenvalue weighted by atomic mass is 9.98. The molecule has 0 radical (unpaired) electrons. The van der Waals surface area contributed by atoms with Gasteiger partial charge in [0.05, 0.1) is 6.10 Å². The highest BCUT2D eigenvalue weighted by Gasteiger charge is 2.16. The van der Waals surface area contributed by atoms with Gasteiger partial charge in [0.25, 0.3) is 5.91 Å². The number of halogens is 1. The molecule has 0 atom stereocenters. The van der Waals surface area contributed by atoms with Gasteiger partial charge in [-0.05, 0) is 49.2 Å². The molecule has 1 aromatic carbocycles. The minimum Gasteiger partial charge on any atom is -0.453 e. The maximum Gasteiger partial charge on any atom is 0.291 e. The predicted molar refractivity (Wildman–Crippen MR) is 84.7 cm³/mol. The minimum absolute atomic E-state index is 0.219. The van der Waals surface area contributed by atoms with E-state index in [0.717, 1.165) is 12.8 Å². The van der Waals surface area contributed by atoms with Crippen LogP contribution >= 0.6 is 0 Å². The van der Waals surface area contributed by atoms with E-state index in [4.69, 9.17) is 9.15 Å². The number of hydrogen-bond acceptors (Lipinski definition) is 3. The number of furan rings is 1. The highest BCUT2D eigenvalue weighted by molar-refractivity contribution is 6.02. The van der Waals surface area contributed by atoms with Crippen LogP contribution in [-0.4, -0.2) is 12.0 Å². The summed E-state index contributed by atoms with van der Waals surface area (Å²) < 4.78 is 24.2. The monoisotopic (exact) mass is 317 g/mol. The third kappa shape index (κ3) is 4.42. The Morgan fingerprint density at radius 3 is 2.61 bits per heavy atom. The molecular weight excluding hydrogens is 297 g/mol. The van der Waals surface area contributed by atoms with Gasteiger partial charge in [0.2, 0.25) is 0 Å². The van der Waals surface area contributed by atoms with Crippen LogP contribution in [0.15, 0.2) is 40.8 Å². The third-order valence-electron chi connectivity index (χ3n) is 4.00. The van der Waals surface area contributed by atoms with Crippen LogP contribution in [0.4, 0.5) is 10.1 Å². The fourth-order valence-corrected chi connectivity index (χ4v) is 2.74. The molecule has 0 unspecified atom stereocenters. The van der Waals surface area contributed by atoms with Crippen LogP contribution in [0.2, 0.25) is 0 Å². The van der Waals surface area contributed by atoms with Gasteiger partial charge in [-0.15, -0.1) is 0 Å². The maximum atomic E-state index is 12.8. The lowest BCUT2D eigenvalue weighted by molar-refractivity contribution is 0.00849. The van der Waals surface area contributed by atoms with Crippen LogP contribution in [0.1, 0.15) is 48.4 Å². The van der Waals surface area contributed by atoms with E-state index in [1.54, 1.807) is 12.1 Å². The second-order valence-corrected chi connectivity index (χ2v) is 5.80. The lowest BCUT2D eigenvalue weighted by Gasteiger charge is -2.21. The Labute approximate surface area is 134 Å². The highest BCUT2D eigenvalue weighted by Crippen LogP contribution is 2.22. The Morgan fingerprint density at radius 1 is 1.13 bits per heavy atom. The van der Waals surface area contributed by atoms with Gasteiger partial charge in [-0.1, -0.05) is 19.3 Å². The van der Waals surface area contributed by atoms with Crippen molar-refractivity contribution in [3.8, 4) is 0 Å². The summed E-state index contributed by atoms with van der Waals surface area (Å²) in [7, 11) is 0. The molecule has 0 aliphatic heterocycles. The summed E-state index contributed by atoms with van der Waals surface area (Å²) in [6, 6.07) is 8.97. The molecule has 1 N–H and O–H groups in total. The minimum atomic E-state index is -0.361. The summed E-state index contributed by atoms with van der Waals surface area (Å²) >= 11 is 0. The van der Waals surface area contributed by atoms with Crippen LogP contribution in [0.5, 0.6) is 0 Å². The van der Waals surface area contributed by atoms with Crippen LogP contribution < -0.4 is 5.32 Å². The number of rotatable bonds is 5. The van der Waals surface area contributed by atoms with Crippen molar-refractivity contribution in [1.82, 2.24) is 0 Å². The smallest absolute Gasteiger partial charge is 0.291 e. The quantitative estimate of drug-likeness (QED) is 0.882. The largest absolute Gasteiger partial charge is 0.453 e. The number of anilines is 1. The van der Waals surface area contributed by atoms with E-state index < -0.39 is 0 Å². The zero-order valence-electron chi connectivity index (χ0n) is 12.9. The zero-order chi connectivity index (χ0) is 16.1. The van der Waals surface area contributed by atoms with Crippen molar-refractivity contribution in [2.24, 2.45) is 0 Å². The highest BCUT2D eigenvalue weighted by atomic mass is 19.1. The molecule has 3 rings (SSSR count). The van der Waals surface area contributed by atoms with Crippen LogP contribution in [0.3, 0.4) is 0 Å². The normalized spacial score (nSPS) is 15.5. The van der Waals surface area contributed by atoms with E-state index in [9.17, 15) is 9.18 Å². The van der Waals surface area contributed by atoms with E-state index in [2.05, 4.69) is 5.32 Å². The Balaban J connectivity index is 1.53. The predicted octanol–water partition coefficient (Wildman–Crippen LogP) is 4.52. The molecule has 4 nitrogen and oxygen atoms in total. The summed E-state index contributed by atoms with van der Waals surface area (Å²) in [5.74, 6) is 0.153. The van der Waals surface area contributed by atoms with Gasteiger partial charge in [-0.2, -0.15) is 0 Å². The van der Waals surface area contributed by atoms with Crippen molar-refractivity contribution in [2.45, 2.75) is 44.8 Å². The molecule has 1 aliphatic carbocycles. The summed E-state index contributed by atoms with van der Waals surface area (Å²) in [4.78, 5) is 12.1. The fraction of sp³-hybridized carbons (Fsp3) is 0.389. The molecule has 1 fully saturated rings. The topological polar surface area (TPSA) is 51.5 Å². The molecular formula is C18H20FNO3. The van der Waals surface area contributed by atoms with Gasteiger partial charge < -0.3 is 14.5 Å². The van der Waals surface area contributed by atoms with Crippen molar-refractivity contribution in [3.63, 3.8) is 0 Å². The van der Waals surface area contributed by atoms with E-state index in [0.29, 0.717) is 24.2 Å². The number of amides is 1. The Hall–Kier alpha value is -2.14. The first-order valence-electron chi connectivity index (χ1n) is 7.98. The fourth-order valence-electron chi connectivity index (χ4n) is 2.74. The van der Waals surface area contributed by atoms with E-state index in [1.807, 2.05) is 0 Å². The van der Waals surface area contributed by atoms with E-state index in [1.165, 1.54) is 43.5 Å². The zero-order valence-corrected chi connectivity index (χ0v) is 12.9. The van der Waals surface area contributed by atoms with Crippen molar-refractivity contribution in [2.75, 3.05) is 5.32 Å². The number of carbonyl (C=O) groups is 1. The number of hydrogen-bond donors (Lipinski definition) is 1. The molecule has 1 heterocycles. The summed E-state index contributed by atoms with van der Waals surface area (Å²) in [5.41, 5.74) is 0.521. The van der Waals surface area contributed by atoms with E-state index in [-0.39, 0.29) is 17.5 Å². The summed E-state index contributed by atoms with van der Waals surface area (Å²) in [6.07, 6.45) is 6.21. The van der Waals surface area contributed by atoms with Crippen molar-refractivity contribution in [3.05, 3.63) is 53.7 Å². The number of ether oxygens (including phenoxy) is 1. The van der Waals surface area contributed by atoms with Crippen LogP contribution in [0.25, 0.3) is 0 Å². The molecule has 122 valence electrons. The van der Waals surface area contributed by atoms with Gasteiger partial charge in [-0.3, -0.25) is 4.79 Å². The summed E-state index contributed by atoms with van der Waals surface area (Å²) in [5, 5.41) is 2.66. The lowest BCUT2D eigenvalue weighted by Crippen LogP contribution is -2.16. The molecule has 2 aromatic rings. The average molecular weight is 317 g/mol. The van der Waals surface area contributed by atoms with Crippen molar-refractivity contribution >= 4 is 11.6 Å². The third-order valence-corrected chi connectivity index (χ3v) is 4.00. The Morgan fingerprint density at radius 2 is 1.87 bits per heavy atom. The van der Waals surface area contributed by atoms with E-state index >= 15 is 0 Å². The average Bonchev–Trinajstić information content (AvgIpc) is 3.05. The van der Waals surface area contributed by atoms with Crippen LogP contribution in [0, 0.1) is 5.82 Å². The van der Waals surface area contributed by atoms with Gasteiger partial charge in [0, 0.05) is 5.69 Å². The Kier molecular flexibility index (Phi) is 5.08. The molecule has 0 bridgehead atoms.